The third-order valence-electron chi connectivity index (χ3n) is 4.35. The summed E-state index contributed by atoms with van der Waals surface area (Å²) in [5, 5.41) is 19.2. The van der Waals surface area contributed by atoms with Crippen LogP contribution >= 0.6 is 0 Å². The fourth-order valence-corrected chi connectivity index (χ4v) is 4.53. The van der Waals surface area contributed by atoms with Crippen LogP contribution < -0.4 is 0 Å². The Morgan fingerprint density at radius 1 is 1.39 bits per heavy atom. The van der Waals surface area contributed by atoms with E-state index in [1.165, 1.54) is 4.31 Å². The molecule has 7 heteroatoms. The molecule has 1 N–H and O–H groups in total. The van der Waals surface area contributed by atoms with Gasteiger partial charge in [-0.2, -0.15) is 9.57 Å². The summed E-state index contributed by atoms with van der Waals surface area (Å²) in [4.78, 5) is -0.128. The minimum atomic E-state index is -3.86. The average molecular weight is 340 g/mol. The summed E-state index contributed by atoms with van der Waals surface area (Å²) in [7, 11) is -3.86. The molecule has 2 rings (SSSR count). The third kappa shape index (κ3) is 3.55. The summed E-state index contributed by atoms with van der Waals surface area (Å²) in [5.41, 5.74) is -0.421. The van der Waals surface area contributed by atoms with Crippen LogP contribution in [-0.2, 0) is 10.0 Å². The summed E-state index contributed by atoms with van der Waals surface area (Å²) < 4.78 is 39.9. The van der Waals surface area contributed by atoms with Crippen molar-refractivity contribution in [2.24, 2.45) is 11.3 Å². The number of nitrogens with zero attached hydrogens (tertiary/aromatic N) is 2. The summed E-state index contributed by atoms with van der Waals surface area (Å²) in [6.07, 6.45) is -0.203. The number of rotatable bonds is 2. The molecule has 0 radical (unpaired) electrons. The number of halogens is 1. The highest BCUT2D eigenvalue weighted by molar-refractivity contribution is 7.89. The van der Waals surface area contributed by atoms with Gasteiger partial charge in [-0.25, -0.2) is 12.8 Å². The Balaban J connectivity index is 2.27. The van der Waals surface area contributed by atoms with E-state index in [9.17, 15) is 17.9 Å². The lowest BCUT2D eigenvalue weighted by Gasteiger charge is -2.41. The number of β-amino-alcohol motifs (C(OH)–C–C–N with tert-alkyl or cyclic N) is 1. The molecule has 0 bridgehead atoms. The molecule has 2 atom stereocenters. The number of piperidine rings is 1. The molecule has 1 aromatic rings. The number of aliphatic hydroxyl groups excluding tert-OH is 1. The Hall–Kier alpha value is -1.49. The van der Waals surface area contributed by atoms with Gasteiger partial charge < -0.3 is 5.11 Å². The molecule has 1 heterocycles. The number of benzene rings is 1. The van der Waals surface area contributed by atoms with Gasteiger partial charge in [-0.05, 0) is 36.0 Å². The molecule has 0 amide bonds. The first-order valence-corrected chi connectivity index (χ1v) is 8.89. The number of sulfonamides is 1. The fourth-order valence-electron chi connectivity index (χ4n) is 3.03. The summed E-state index contributed by atoms with van der Waals surface area (Å²) in [6.45, 7) is 6.35. The van der Waals surface area contributed by atoms with Crippen molar-refractivity contribution < 1.29 is 17.9 Å². The van der Waals surface area contributed by atoms with Crippen LogP contribution in [0.3, 0.4) is 0 Å². The van der Waals surface area contributed by atoms with Crippen molar-refractivity contribution in [3.05, 3.63) is 29.6 Å². The Bertz CT molecular complexity index is 735. The zero-order valence-corrected chi connectivity index (χ0v) is 14.3. The Kier molecular flexibility index (Phi) is 4.81. The SMILES string of the molecule is CC(C)(C)[C@H]1CCN(S(=O)(=O)c2ccc(F)c(C#N)c2)C[C@H]1O. The first-order chi connectivity index (χ1) is 10.6. The van der Waals surface area contributed by atoms with Gasteiger partial charge in [-0.1, -0.05) is 20.8 Å². The van der Waals surface area contributed by atoms with Gasteiger partial charge in [0.1, 0.15) is 11.9 Å². The van der Waals surface area contributed by atoms with Crippen LogP contribution in [0.25, 0.3) is 0 Å². The molecule has 0 saturated carbocycles. The second kappa shape index (κ2) is 6.19. The first kappa shape index (κ1) is 17.9. The topological polar surface area (TPSA) is 81.4 Å². The largest absolute Gasteiger partial charge is 0.391 e. The summed E-state index contributed by atoms with van der Waals surface area (Å²) in [5.74, 6) is -0.741. The predicted molar refractivity (Wildman–Crippen MR) is 83.4 cm³/mol. The van der Waals surface area contributed by atoms with Gasteiger partial charge in [-0.3, -0.25) is 0 Å². The monoisotopic (exact) mass is 340 g/mol. The number of nitriles is 1. The quantitative estimate of drug-likeness (QED) is 0.894. The minimum Gasteiger partial charge on any atom is -0.391 e. The van der Waals surface area contributed by atoms with Gasteiger partial charge >= 0.3 is 0 Å². The van der Waals surface area contributed by atoms with Crippen LogP contribution in [0.4, 0.5) is 4.39 Å². The zero-order chi connectivity index (χ0) is 17.4. The fraction of sp³-hybridized carbons (Fsp3) is 0.562. The van der Waals surface area contributed by atoms with Crippen molar-refractivity contribution >= 4 is 10.0 Å². The van der Waals surface area contributed by atoms with E-state index in [1.807, 2.05) is 20.8 Å². The Labute approximate surface area is 136 Å². The lowest BCUT2D eigenvalue weighted by Crippen LogP contribution is -2.49. The summed E-state index contributed by atoms with van der Waals surface area (Å²) in [6, 6.07) is 4.80. The van der Waals surface area contributed by atoms with Crippen LogP contribution in [0.2, 0.25) is 0 Å². The average Bonchev–Trinajstić information content (AvgIpc) is 2.46. The Morgan fingerprint density at radius 3 is 2.57 bits per heavy atom. The highest BCUT2D eigenvalue weighted by atomic mass is 32.2. The van der Waals surface area contributed by atoms with Gasteiger partial charge in [-0.15, -0.1) is 0 Å². The van der Waals surface area contributed by atoms with E-state index in [0.29, 0.717) is 13.0 Å². The van der Waals surface area contributed by atoms with Crippen molar-refractivity contribution in [3.8, 4) is 6.07 Å². The highest BCUT2D eigenvalue weighted by Gasteiger charge is 2.39. The number of hydrogen-bond acceptors (Lipinski definition) is 4. The molecule has 1 saturated heterocycles. The molecule has 1 aliphatic rings. The number of hydrogen-bond donors (Lipinski definition) is 1. The third-order valence-corrected chi connectivity index (χ3v) is 6.21. The zero-order valence-electron chi connectivity index (χ0n) is 13.5. The van der Waals surface area contributed by atoms with Gasteiger partial charge in [0.25, 0.3) is 0 Å². The second-order valence-electron chi connectivity index (χ2n) is 6.95. The maximum absolute atomic E-state index is 13.4. The molecule has 0 aliphatic carbocycles. The minimum absolute atomic E-state index is 0.00351. The lowest BCUT2D eigenvalue weighted by molar-refractivity contribution is -0.00209. The number of aliphatic hydroxyl groups is 1. The van der Waals surface area contributed by atoms with Crippen LogP contribution in [0, 0.1) is 28.5 Å². The molecule has 1 aromatic carbocycles. The summed E-state index contributed by atoms with van der Waals surface area (Å²) >= 11 is 0. The molecule has 23 heavy (non-hydrogen) atoms. The molecule has 1 aliphatic heterocycles. The predicted octanol–water partition coefficient (Wildman–Crippen LogP) is 2.11. The van der Waals surface area contributed by atoms with Gasteiger partial charge in [0.05, 0.1) is 16.6 Å². The first-order valence-electron chi connectivity index (χ1n) is 7.45. The molecular weight excluding hydrogens is 319 g/mol. The van der Waals surface area contributed by atoms with Gasteiger partial charge in [0.2, 0.25) is 10.0 Å². The maximum Gasteiger partial charge on any atom is 0.243 e. The molecule has 0 spiro atoms. The molecule has 0 unspecified atom stereocenters. The van der Waals surface area contributed by atoms with Gasteiger partial charge in [0.15, 0.2) is 0 Å². The van der Waals surface area contributed by atoms with E-state index in [-0.39, 0.29) is 28.3 Å². The van der Waals surface area contributed by atoms with E-state index in [0.717, 1.165) is 18.2 Å². The van der Waals surface area contributed by atoms with Crippen LogP contribution in [0.5, 0.6) is 0 Å². The smallest absolute Gasteiger partial charge is 0.243 e. The van der Waals surface area contributed by atoms with E-state index in [2.05, 4.69) is 0 Å². The highest BCUT2D eigenvalue weighted by Crippen LogP contribution is 2.36. The standard InChI is InChI=1S/C16H21FN2O3S/c1-16(2,3)13-6-7-19(10-15(13)20)23(21,22)12-4-5-14(17)11(8-12)9-18/h4-5,8,13,15,20H,6-7,10H2,1-3H3/t13-,15+/m0/s1. The second-order valence-corrected chi connectivity index (χ2v) is 8.88. The van der Waals surface area contributed by atoms with E-state index in [4.69, 9.17) is 5.26 Å². The molecule has 1 fully saturated rings. The van der Waals surface area contributed by atoms with Gasteiger partial charge in [0, 0.05) is 13.1 Å². The van der Waals surface area contributed by atoms with E-state index >= 15 is 0 Å². The van der Waals surface area contributed by atoms with Crippen molar-refractivity contribution in [1.29, 1.82) is 5.26 Å². The van der Waals surface area contributed by atoms with Crippen molar-refractivity contribution in [2.45, 2.75) is 38.2 Å². The molecular formula is C16H21FN2O3S. The molecule has 0 aromatic heterocycles. The van der Waals surface area contributed by atoms with E-state index in [1.54, 1.807) is 6.07 Å². The van der Waals surface area contributed by atoms with Crippen LogP contribution in [0.1, 0.15) is 32.8 Å². The van der Waals surface area contributed by atoms with Crippen molar-refractivity contribution in [3.63, 3.8) is 0 Å². The maximum atomic E-state index is 13.4. The normalized spacial score (nSPS) is 23.5. The van der Waals surface area contributed by atoms with Crippen molar-refractivity contribution in [1.82, 2.24) is 4.31 Å². The lowest BCUT2D eigenvalue weighted by atomic mass is 9.74. The molecule has 126 valence electrons. The van der Waals surface area contributed by atoms with Crippen LogP contribution in [0.15, 0.2) is 23.1 Å². The molecule has 5 nitrogen and oxygen atoms in total. The Morgan fingerprint density at radius 2 is 2.04 bits per heavy atom. The van der Waals surface area contributed by atoms with E-state index < -0.39 is 21.9 Å². The van der Waals surface area contributed by atoms with Crippen LogP contribution in [-0.4, -0.2) is 37.0 Å². The van der Waals surface area contributed by atoms with Crippen molar-refractivity contribution in [2.75, 3.05) is 13.1 Å².